The van der Waals surface area contributed by atoms with E-state index in [2.05, 4.69) is 4.98 Å². The molecule has 1 aromatic heterocycles. The van der Waals surface area contributed by atoms with Gasteiger partial charge in [-0.1, -0.05) is 25.3 Å². The van der Waals surface area contributed by atoms with Crippen molar-refractivity contribution in [1.82, 2.24) is 9.88 Å². The number of aliphatic carboxylic acids is 1. The van der Waals surface area contributed by atoms with E-state index in [0.29, 0.717) is 12.8 Å². The Morgan fingerprint density at radius 1 is 1.29 bits per heavy atom. The van der Waals surface area contributed by atoms with Gasteiger partial charge in [0.1, 0.15) is 5.54 Å². The lowest BCUT2D eigenvalue weighted by molar-refractivity contribution is -0.160. The third kappa shape index (κ3) is 3.23. The molecule has 114 valence electrons. The molecule has 1 fully saturated rings. The van der Waals surface area contributed by atoms with Gasteiger partial charge in [0.25, 0.3) is 0 Å². The van der Waals surface area contributed by atoms with Crippen molar-refractivity contribution >= 4 is 11.9 Å². The van der Waals surface area contributed by atoms with Crippen LogP contribution in [0, 0.1) is 6.92 Å². The second-order valence-corrected chi connectivity index (χ2v) is 5.83. The summed E-state index contributed by atoms with van der Waals surface area (Å²) in [6.45, 7) is 1.89. The lowest BCUT2D eigenvalue weighted by Gasteiger charge is -2.41. The Labute approximate surface area is 125 Å². The fourth-order valence-corrected chi connectivity index (χ4v) is 2.96. The molecule has 0 bridgehead atoms. The maximum absolute atomic E-state index is 12.4. The lowest BCUT2D eigenvalue weighted by atomic mass is 9.80. The molecule has 1 N–H and O–H groups in total. The third-order valence-corrected chi connectivity index (χ3v) is 4.42. The molecule has 0 radical (unpaired) electrons. The van der Waals surface area contributed by atoms with Crippen molar-refractivity contribution in [3.8, 4) is 0 Å². The average molecular weight is 290 g/mol. The van der Waals surface area contributed by atoms with Gasteiger partial charge in [-0.05, 0) is 31.4 Å². The summed E-state index contributed by atoms with van der Waals surface area (Å²) in [5, 5.41) is 9.60. The molecule has 5 nitrogen and oxygen atoms in total. The number of aryl methyl sites for hydroxylation is 1. The molecule has 1 aliphatic rings. The molecule has 0 aromatic carbocycles. The minimum absolute atomic E-state index is 0.162. The van der Waals surface area contributed by atoms with Crippen LogP contribution in [0.3, 0.4) is 0 Å². The van der Waals surface area contributed by atoms with E-state index in [1.54, 1.807) is 13.2 Å². The maximum Gasteiger partial charge on any atom is 0.329 e. The van der Waals surface area contributed by atoms with Gasteiger partial charge in [0.2, 0.25) is 5.91 Å². The topological polar surface area (TPSA) is 70.5 Å². The zero-order valence-electron chi connectivity index (χ0n) is 12.6. The molecule has 0 spiro atoms. The van der Waals surface area contributed by atoms with E-state index in [0.717, 1.165) is 30.5 Å². The summed E-state index contributed by atoms with van der Waals surface area (Å²) in [7, 11) is 1.61. The Bertz CT molecular complexity index is 519. The highest BCUT2D eigenvalue weighted by Gasteiger charge is 2.45. The van der Waals surface area contributed by atoms with E-state index in [4.69, 9.17) is 0 Å². The Hall–Kier alpha value is -1.91. The van der Waals surface area contributed by atoms with Crippen molar-refractivity contribution in [1.29, 1.82) is 0 Å². The van der Waals surface area contributed by atoms with E-state index < -0.39 is 11.5 Å². The van der Waals surface area contributed by atoms with Crippen molar-refractivity contribution in [2.24, 2.45) is 0 Å². The van der Waals surface area contributed by atoms with Crippen LogP contribution >= 0.6 is 0 Å². The predicted octanol–water partition coefficient (Wildman–Crippen LogP) is 2.18. The van der Waals surface area contributed by atoms with E-state index in [-0.39, 0.29) is 12.3 Å². The fraction of sp³-hybridized carbons (Fsp3) is 0.562. The zero-order valence-corrected chi connectivity index (χ0v) is 12.6. The van der Waals surface area contributed by atoms with Gasteiger partial charge in [0, 0.05) is 18.9 Å². The van der Waals surface area contributed by atoms with Crippen molar-refractivity contribution in [3.05, 3.63) is 29.6 Å². The van der Waals surface area contributed by atoms with E-state index in [1.165, 1.54) is 4.90 Å². The van der Waals surface area contributed by atoms with Gasteiger partial charge in [-0.15, -0.1) is 0 Å². The minimum Gasteiger partial charge on any atom is -0.479 e. The second kappa shape index (κ2) is 6.24. The third-order valence-electron chi connectivity index (χ3n) is 4.42. The molecule has 21 heavy (non-hydrogen) atoms. The number of carbonyl (C=O) groups is 2. The molecule has 1 aromatic rings. The first-order chi connectivity index (χ1) is 9.95. The summed E-state index contributed by atoms with van der Waals surface area (Å²) in [5.41, 5.74) is 0.677. The largest absolute Gasteiger partial charge is 0.479 e. The molecule has 1 saturated carbocycles. The number of carboxylic acids is 1. The smallest absolute Gasteiger partial charge is 0.329 e. The number of hydrogen-bond acceptors (Lipinski definition) is 3. The van der Waals surface area contributed by atoms with Crippen molar-refractivity contribution in [3.63, 3.8) is 0 Å². The van der Waals surface area contributed by atoms with Crippen LogP contribution in [0.5, 0.6) is 0 Å². The molecule has 0 aliphatic heterocycles. The number of carboxylic acid groups (broad SMARTS) is 1. The summed E-state index contributed by atoms with van der Waals surface area (Å²) in [6, 6.07) is 3.72. The van der Waals surface area contributed by atoms with Crippen LogP contribution in [0.1, 0.15) is 43.4 Å². The average Bonchev–Trinajstić information content (AvgIpc) is 2.49. The summed E-state index contributed by atoms with van der Waals surface area (Å²) in [6.07, 6.45) is 5.70. The number of likely N-dealkylation sites (N-methyl/N-ethyl adjacent to an activating group) is 1. The summed E-state index contributed by atoms with van der Waals surface area (Å²) in [5.74, 6) is -1.05. The van der Waals surface area contributed by atoms with Crippen molar-refractivity contribution in [2.75, 3.05) is 7.05 Å². The number of carbonyl (C=O) groups excluding carboxylic acids is 1. The van der Waals surface area contributed by atoms with Gasteiger partial charge in [0.15, 0.2) is 0 Å². The number of pyridine rings is 1. The van der Waals surface area contributed by atoms with E-state index in [9.17, 15) is 14.7 Å². The molecule has 1 heterocycles. The first-order valence-electron chi connectivity index (χ1n) is 7.37. The Kier molecular flexibility index (Phi) is 4.60. The zero-order chi connectivity index (χ0) is 15.5. The quantitative estimate of drug-likeness (QED) is 0.922. The standard InChI is InChI=1S/C16H22N2O3/c1-12-6-7-13(11-17-12)10-14(19)18(2)16(15(20)21)8-4-3-5-9-16/h6-7,11H,3-5,8-10H2,1-2H3,(H,20,21). The highest BCUT2D eigenvalue weighted by molar-refractivity contribution is 5.88. The number of hydrogen-bond donors (Lipinski definition) is 1. The van der Waals surface area contributed by atoms with Gasteiger partial charge in [-0.2, -0.15) is 0 Å². The van der Waals surface area contributed by atoms with Gasteiger partial charge >= 0.3 is 5.97 Å². The van der Waals surface area contributed by atoms with Gasteiger partial charge in [-0.3, -0.25) is 9.78 Å². The van der Waals surface area contributed by atoms with Crippen LogP contribution in [-0.2, 0) is 16.0 Å². The minimum atomic E-state index is -1.03. The fourth-order valence-electron chi connectivity index (χ4n) is 2.96. The number of rotatable bonds is 4. The predicted molar refractivity (Wildman–Crippen MR) is 78.9 cm³/mol. The monoisotopic (exact) mass is 290 g/mol. The molecule has 0 unspecified atom stereocenters. The number of aromatic nitrogens is 1. The lowest BCUT2D eigenvalue weighted by Crippen LogP contribution is -2.56. The Balaban J connectivity index is 2.13. The van der Waals surface area contributed by atoms with Crippen LogP contribution in [0.4, 0.5) is 0 Å². The van der Waals surface area contributed by atoms with Gasteiger partial charge in [-0.25, -0.2) is 4.79 Å². The first kappa shape index (κ1) is 15.5. The molecule has 5 heteroatoms. The summed E-state index contributed by atoms with van der Waals surface area (Å²) < 4.78 is 0. The highest BCUT2D eigenvalue weighted by Crippen LogP contribution is 2.33. The highest BCUT2D eigenvalue weighted by atomic mass is 16.4. The summed E-state index contributed by atoms with van der Waals surface area (Å²) >= 11 is 0. The first-order valence-corrected chi connectivity index (χ1v) is 7.37. The molecule has 1 aliphatic carbocycles. The SMILES string of the molecule is Cc1ccc(CC(=O)N(C)C2(C(=O)O)CCCCC2)cn1. The molecule has 0 saturated heterocycles. The Morgan fingerprint density at radius 2 is 1.95 bits per heavy atom. The Morgan fingerprint density at radius 3 is 2.48 bits per heavy atom. The van der Waals surface area contributed by atoms with Gasteiger partial charge < -0.3 is 10.0 Å². The van der Waals surface area contributed by atoms with Crippen LogP contribution in [0.15, 0.2) is 18.3 Å². The van der Waals surface area contributed by atoms with Crippen LogP contribution in [-0.4, -0.2) is 39.5 Å². The van der Waals surface area contributed by atoms with Crippen molar-refractivity contribution in [2.45, 2.75) is 51.0 Å². The maximum atomic E-state index is 12.4. The molecular weight excluding hydrogens is 268 g/mol. The second-order valence-electron chi connectivity index (χ2n) is 5.83. The van der Waals surface area contributed by atoms with Gasteiger partial charge in [0.05, 0.1) is 6.42 Å². The molecule has 2 rings (SSSR count). The van der Waals surface area contributed by atoms with Crippen LogP contribution in [0.2, 0.25) is 0 Å². The number of amides is 1. The normalized spacial score (nSPS) is 17.2. The van der Waals surface area contributed by atoms with Crippen LogP contribution < -0.4 is 0 Å². The van der Waals surface area contributed by atoms with Crippen molar-refractivity contribution < 1.29 is 14.7 Å². The van der Waals surface area contributed by atoms with E-state index >= 15 is 0 Å². The molecular formula is C16H22N2O3. The number of nitrogens with zero attached hydrogens (tertiary/aromatic N) is 2. The molecule has 0 atom stereocenters. The van der Waals surface area contributed by atoms with Crippen LogP contribution in [0.25, 0.3) is 0 Å². The molecule has 1 amide bonds. The summed E-state index contributed by atoms with van der Waals surface area (Å²) in [4.78, 5) is 29.8. The van der Waals surface area contributed by atoms with E-state index in [1.807, 2.05) is 19.1 Å².